The molecule has 0 aromatic carbocycles. The van der Waals surface area contributed by atoms with Gasteiger partial charge in [-0.25, -0.2) is 9.97 Å². The molecule has 6 heteroatoms. The van der Waals surface area contributed by atoms with Crippen LogP contribution in [0.15, 0.2) is 18.3 Å². The third-order valence-electron chi connectivity index (χ3n) is 3.55. The number of H-pyrrole nitrogens is 1. The molecule has 0 amide bonds. The minimum Gasteiger partial charge on any atom is -0.381 e. The number of nitrogens with zero attached hydrogens (tertiary/aromatic N) is 4. The molecule has 1 aliphatic heterocycles. The van der Waals surface area contributed by atoms with E-state index in [0.29, 0.717) is 5.92 Å². The molecular weight excluding hydrogens is 254 g/mol. The standard InChI is InChI=1S/C14H19N5O/c1-10-16-13(11-4-6-20-9-11)7-14(17-10)19(2)8-12-3-5-15-18-12/h3,5,7,11H,4,6,8-9H2,1-2H3,(H,15,18)/t11-/m0/s1. The largest absolute Gasteiger partial charge is 0.381 e. The van der Waals surface area contributed by atoms with Gasteiger partial charge in [-0.2, -0.15) is 5.10 Å². The molecule has 20 heavy (non-hydrogen) atoms. The number of anilines is 1. The Balaban J connectivity index is 1.81. The summed E-state index contributed by atoms with van der Waals surface area (Å²) in [4.78, 5) is 11.2. The van der Waals surface area contributed by atoms with Crippen molar-refractivity contribution in [3.8, 4) is 0 Å². The maximum atomic E-state index is 5.45. The summed E-state index contributed by atoms with van der Waals surface area (Å²) in [5, 5.41) is 6.93. The second-order valence-electron chi connectivity index (χ2n) is 5.20. The molecule has 1 N–H and O–H groups in total. The van der Waals surface area contributed by atoms with E-state index in [4.69, 9.17) is 4.74 Å². The summed E-state index contributed by atoms with van der Waals surface area (Å²) in [6, 6.07) is 4.04. The minimum atomic E-state index is 0.399. The van der Waals surface area contributed by atoms with E-state index in [1.54, 1.807) is 6.20 Å². The molecule has 3 rings (SSSR count). The Morgan fingerprint density at radius 1 is 1.45 bits per heavy atom. The Morgan fingerprint density at radius 3 is 3.05 bits per heavy atom. The number of ether oxygens (including phenoxy) is 1. The van der Waals surface area contributed by atoms with Crippen LogP contribution in [0.2, 0.25) is 0 Å². The highest BCUT2D eigenvalue weighted by molar-refractivity contribution is 5.40. The molecule has 1 saturated heterocycles. The van der Waals surface area contributed by atoms with Crippen LogP contribution in [0.3, 0.4) is 0 Å². The fraction of sp³-hybridized carbons (Fsp3) is 0.500. The van der Waals surface area contributed by atoms with Crippen molar-refractivity contribution in [3.05, 3.63) is 35.5 Å². The molecule has 106 valence electrons. The van der Waals surface area contributed by atoms with Gasteiger partial charge in [0.05, 0.1) is 24.5 Å². The predicted molar refractivity (Wildman–Crippen MR) is 75.6 cm³/mol. The van der Waals surface area contributed by atoms with Gasteiger partial charge in [0.2, 0.25) is 0 Å². The first-order chi connectivity index (χ1) is 9.72. The van der Waals surface area contributed by atoms with Crippen molar-refractivity contribution < 1.29 is 4.74 Å². The van der Waals surface area contributed by atoms with Gasteiger partial charge in [0.25, 0.3) is 0 Å². The Bertz CT molecular complexity index is 563. The van der Waals surface area contributed by atoms with E-state index in [0.717, 1.165) is 49.2 Å². The lowest BCUT2D eigenvalue weighted by atomic mass is 10.0. The first kappa shape index (κ1) is 13.1. The van der Waals surface area contributed by atoms with Gasteiger partial charge < -0.3 is 9.64 Å². The van der Waals surface area contributed by atoms with Crippen LogP contribution in [-0.4, -0.2) is 40.4 Å². The fourth-order valence-electron chi connectivity index (χ4n) is 2.46. The Hall–Kier alpha value is -1.95. The van der Waals surface area contributed by atoms with E-state index in [9.17, 15) is 0 Å². The average Bonchev–Trinajstić information content (AvgIpc) is 3.11. The van der Waals surface area contributed by atoms with Gasteiger partial charge in [0.15, 0.2) is 0 Å². The zero-order chi connectivity index (χ0) is 13.9. The van der Waals surface area contributed by atoms with Gasteiger partial charge in [-0.05, 0) is 19.4 Å². The quantitative estimate of drug-likeness (QED) is 0.917. The zero-order valence-corrected chi connectivity index (χ0v) is 11.8. The SMILES string of the molecule is Cc1nc([C@H]2CCOC2)cc(N(C)Cc2ccn[nH]2)n1. The summed E-state index contributed by atoms with van der Waals surface area (Å²) in [5.74, 6) is 2.14. The molecular formula is C14H19N5O. The van der Waals surface area contributed by atoms with Gasteiger partial charge in [-0.3, -0.25) is 5.10 Å². The molecule has 0 unspecified atom stereocenters. The Labute approximate surface area is 118 Å². The lowest BCUT2D eigenvalue weighted by Gasteiger charge is -2.19. The van der Waals surface area contributed by atoms with Crippen LogP contribution in [-0.2, 0) is 11.3 Å². The molecule has 0 spiro atoms. The molecule has 0 radical (unpaired) electrons. The van der Waals surface area contributed by atoms with Crippen molar-refractivity contribution in [2.24, 2.45) is 0 Å². The Kier molecular flexibility index (Phi) is 3.64. The fourth-order valence-corrected chi connectivity index (χ4v) is 2.46. The molecule has 0 bridgehead atoms. The second-order valence-corrected chi connectivity index (χ2v) is 5.20. The van der Waals surface area contributed by atoms with Crippen molar-refractivity contribution in [2.45, 2.75) is 25.8 Å². The van der Waals surface area contributed by atoms with Gasteiger partial charge in [0, 0.05) is 31.8 Å². The van der Waals surface area contributed by atoms with E-state index >= 15 is 0 Å². The number of rotatable bonds is 4. The van der Waals surface area contributed by atoms with Gasteiger partial charge in [-0.1, -0.05) is 0 Å². The molecule has 1 aliphatic rings. The minimum absolute atomic E-state index is 0.399. The zero-order valence-electron chi connectivity index (χ0n) is 11.8. The molecule has 1 atom stereocenters. The number of aromatic amines is 1. The topological polar surface area (TPSA) is 66.9 Å². The number of hydrogen-bond acceptors (Lipinski definition) is 5. The van der Waals surface area contributed by atoms with Crippen LogP contribution in [0.25, 0.3) is 0 Å². The normalized spacial score (nSPS) is 18.4. The number of aromatic nitrogens is 4. The van der Waals surface area contributed by atoms with E-state index in [-0.39, 0.29) is 0 Å². The highest BCUT2D eigenvalue weighted by atomic mass is 16.5. The van der Waals surface area contributed by atoms with Gasteiger partial charge in [-0.15, -0.1) is 0 Å². The summed E-state index contributed by atoms with van der Waals surface area (Å²) in [6.45, 7) is 4.27. The van der Waals surface area contributed by atoms with E-state index in [1.165, 1.54) is 0 Å². The third-order valence-corrected chi connectivity index (χ3v) is 3.55. The first-order valence-corrected chi connectivity index (χ1v) is 6.85. The molecule has 0 saturated carbocycles. The van der Waals surface area contributed by atoms with Crippen molar-refractivity contribution in [1.29, 1.82) is 0 Å². The second kappa shape index (κ2) is 5.58. The van der Waals surface area contributed by atoms with Crippen LogP contribution in [0, 0.1) is 6.92 Å². The van der Waals surface area contributed by atoms with Crippen LogP contribution in [0.1, 0.15) is 29.6 Å². The van der Waals surface area contributed by atoms with Crippen molar-refractivity contribution in [1.82, 2.24) is 20.2 Å². The lowest BCUT2D eigenvalue weighted by molar-refractivity contribution is 0.193. The lowest BCUT2D eigenvalue weighted by Crippen LogP contribution is -2.19. The maximum absolute atomic E-state index is 5.45. The highest BCUT2D eigenvalue weighted by Gasteiger charge is 2.20. The summed E-state index contributed by atoms with van der Waals surface area (Å²) < 4.78 is 5.45. The summed E-state index contributed by atoms with van der Waals surface area (Å²) in [6.07, 6.45) is 2.80. The molecule has 2 aromatic heterocycles. The highest BCUT2D eigenvalue weighted by Crippen LogP contribution is 2.26. The third kappa shape index (κ3) is 2.80. The van der Waals surface area contributed by atoms with Crippen LogP contribution < -0.4 is 4.90 Å². The molecule has 1 fully saturated rings. The van der Waals surface area contributed by atoms with Gasteiger partial charge >= 0.3 is 0 Å². The summed E-state index contributed by atoms with van der Waals surface area (Å²) in [7, 11) is 2.03. The smallest absolute Gasteiger partial charge is 0.132 e. The number of nitrogens with one attached hydrogen (secondary N) is 1. The van der Waals surface area contributed by atoms with E-state index < -0.39 is 0 Å². The van der Waals surface area contributed by atoms with Crippen molar-refractivity contribution >= 4 is 5.82 Å². The van der Waals surface area contributed by atoms with E-state index in [1.807, 2.05) is 20.0 Å². The number of aryl methyl sites for hydroxylation is 1. The molecule has 3 heterocycles. The molecule has 0 aliphatic carbocycles. The Morgan fingerprint density at radius 2 is 2.35 bits per heavy atom. The predicted octanol–water partition coefficient (Wildman–Crippen LogP) is 1.65. The first-order valence-electron chi connectivity index (χ1n) is 6.85. The van der Waals surface area contributed by atoms with Gasteiger partial charge in [0.1, 0.15) is 11.6 Å². The van der Waals surface area contributed by atoms with Crippen LogP contribution in [0.4, 0.5) is 5.82 Å². The number of hydrogen-bond donors (Lipinski definition) is 1. The van der Waals surface area contributed by atoms with Crippen LogP contribution >= 0.6 is 0 Å². The van der Waals surface area contributed by atoms with Crippen molar-refractivity contribution in [3.63, 3.8) is 0 Å². The van der Waals surface area contributed by atoms with Crippen LogP contribution in [0.5, 0.6) is 0 Å². The summed E-state index contributed by atoms with van der Waals surface area (Å²) in [5.41, 5.74) is 2.15. The summed E-state index contributed by atoms with van der Waals surface area (Å²) >= 11 is 0. The average molecular weight is 273 g/mol. The van der Waals surface area contributed by atoms with Crippen molar-refractivity contribution in [2.75, 3.05) is 25.2 Å². The maximum Gasteiger partial charge on any atom is 0.132 e. The molecule has 2 aromatic rings. The van der Waals surface area contributed by atoms with E-state index in [2.05, 4.69) is 31.1 Å². The molecule has 6 nitrogen and oxygen atoms in total. The monoisotopic (exact) mass is 273 g/mol.